The highest BCUT2D eigenvalue weighted by molar-refractivity contribution is 7.13. The first kappa shape index (κ1) is 31.2. The highest BCUT2D eigenvalue weighted by Crippen LogP contribution is 2.25. The smallest absolute Gasteiger partial charge is 0.348 e. The summed E-state index contributed by atoms with van der Waals surface area (Å²) in [4.78, 5) is 15.9. The molecule has 5 N–H and O–H groups in total. The van der Waals surface area contributed by atoms with Gasteiger partial charge in [0.1, 0.15) is 29.8 Å². The second-order valence-electron chi connectivity index (χ2n) is 9.63. The summed E-state index contributed by atoms with van der Waals surface area (Å²) in [6.45, 7) is 3.15. The normalized spacial score (nSPS) is 15.6. The van der Waals surface area contributed by atoms with Crippen molar-refractivity contribution < 1.29 is 35.1 Å². The molecule has 0 aliphatic rings. The number of carbonyl (C=O) groups excluding carboxylic acids is 1. The number of esters is 1. The van der Waals surface area contributed by atoms with Crippen molar-refractivity contribution in [2.75, 3.05) is 25.2 Å². The van der Waals surface area contributed by atoms with E-state index in [-0.39, 0.29) is 0 Å². The first-order valence-corrected chi connectivity index (χ1v) is 13.9. The van der Waals surface area contributed by atoms with Crippen LogP contribution >= 0.6 is 11.3 Å². The summed E-state index contributed by atoms with van der Waals surface area (Å²) in [7, 11) is 2.07. The van der Waals surface area contributed by atoms with E-state index >= 15 is 0 Å². The molecule has 0 fully saturated rings. The van der Waals surface area contributed by atoms with E-state index in [1.54, 1.807) is 6.07 Å². The Hall–Kier alpha value is -2.01. The van der Waals surface area contributed by atoms with E-state index in [0.717, 1.165) is 61.1 Å². The molecule has 5 atom stereocenters. The number of anilines is 1. The van der Waals surface area contributed by atoms with Crippen LogP contribution in [-0.2, 0) is 11.2 Å². The second-order valence-corrected chi connectivity index (χ2v) is 10.8. The van der Waals surface area contributed by atoms with Crippen LogP contribution in [0.3, 0.4) is 0 Å². The number of aliphatic hydroxyl groups excluding tert-OH is 5. The molecular weight excluding hydrogens is 494 g/mol. The van der Waals surface area contributed by atoms with E-state index < -0.39 is 43.6 Å². The SMILES string of the molecule is CCCCC[C@H](O)c1ccc(N(C)[C@H](C)CCCc2ccc(C(=O)OC[C@@H](O)[C@@H](O)[C@@H](O)CO)s2)cc1. The molecule has 0 saturated carbocycles. The van der Waals surface area contributed by atoms with Crippen molar-refractivity contribution in [2.24, 2.45) is 0 Å². The number of hydrogen-bond acceptors (Lipinski definition) is 9. The lowest BCUT2D eigenvalue weighted by atomic mass is 10.0. The van der Waals surface area contributed by atoms with Crippen LogP contribution in [0.2, 0.25) is 0 Å². The van der Waals surface area contributed by atoms with Gasteiger partial charge in [-0.05, 0) is 62.4 Å². The number of ether oxygens (including phenoxy) is 1. The summed E-state index contributed by atoms with van der Waals surface area (Å²) in [5.41, 5.74) is 2.07. The van der Waals surface area contributed by atoms with E-state index in [9.17, 15) is 25.2 Å². The van der Waals surface area contributed by atoms with Crippen LogP contribution in [0.1, 0.15) is 78.6 Å². The molecule has 208 valence electrons. The molecule has 2 rings (SSSR count). The average molecular weight is 538 g/mol. The van der Waals surface area contributed by atoms with Gasteiger partial charge in [-0.15, -0.1) is 11.3 Å². The molecule has 0 aliphatic carbocycles. The summed E-state index contributed by atoms with van der Waals surface area (Å²) in [6, 6.07) is 12.0. The quantitative estimate of drug-likeness (QED) is 0.153. The van der Waals surface area contributed by atoms with Gasteiger partial charge in [-0.3, -0.25) is 0 Å². The summed E-state index contributed by atoms with van der Waals surface area (Å²) < 4.78 is 5.04. The lowest BCUT2D eigenvalue weighted by Gasteiger charge is -2.27. The van der Waals surface area contributed by atoms with E-state index in [4.69, 9.17) is 9.84 Å². The zero-order valence-electron chi connectivity index (χ0n) is 22.1. The predicted molar refractivity (Wildman–Crippen MR) is 146 cm³/mol. The molecule has 2 aromatic rings. The maximum Gasteiger partial charge on any atom is 0.348 e. The van der Waals surface area contributed by atoms with Gasteiger partial charge in [0.25, 0.3) is 0 Å². The van der Waals surface area contributed by atoms with E-state index in [2.05, 4.69) is 37.9 Å². The highest BCUT2D eigenvalue weighted by atomic mass is 32.1. The Morgan fingerprint density at radius 1 is 0.973 bits per heavy atom. The van der Waals surface area contributed by atoms with Gasteiger partial charge < -0.3 is 35.2 Å². The Morgan fingerprint density at radius 2 is 1.68 bits per heavy atom. The maximum atomic E-state index is 12.2. The van der Waals surface area contributed by atoms with Gasteiger partial charge in [-0.25, -0.2) is 4.79 Å². The van der Waals surface area contributed by atoms with Crippen LogP contribution < -0.4 is 4.90 Å². The molecule has 0 bridgehead atoms. The first-order chi connectivity index (χ1) is 17.7. The van der Waals surface area contributed by atoms with Gasteiger partial charge in [-0.1, -0.05) is 38.3 Å². The van der Waals surface area contributed by atoms with Gasteiger partial charge in [0, 0.05) is 23.7 Å². The zero-order chi connectivity index (χ0) is 27.4. The summed E-state index contributed by atoms with van der Waals surface area (Å²) in [6.07, 6.45) is 1.84. The third-order valence-electron chi connectivity index (χ3n) is 6.70. The highest BCUT2D eigenvalue weighted by Gasteiger charge is 2.25. The van der Waals surface area contributed by atoms with Crippen LogP contribution in [0.25, 0.3) is 0 Å². The molecule has 0 amide bonds. The third-order valence-corrected chi connectivity index (χ3v) is 7.82. The molecule has 8 nitrogen and oxygen atoms in total. The van der Waals surface area contributed by atoms with Crippen molar-refractivity contribution >= 4 is 23.0 Å². The number of hydrogen-bond donors (Lipinski definition) is 5. The monoisotopic (exact) mass is 537 g/mol. The fraction of sp³-hybridized carbons (Fsp3) is 0.607. The lowest BCUT2D eigenvalue weighted by Crippen LogP contribution is -2.42. The predicted octanol–water partition coefficient (Wildman–Crippen LogP) is 3.44. The molecule has 9 heteroatoms. The van der Waals surface area contributed by atoms with Crippen molar-refractivity contribution in [3.8, 4) is 0 Å². The number of thiophene rings is 1. The standard InChI is InChI=1S/C28H43NO7S/c1-4-5-6-10-23(31)20-11-13-21(14-12-20)29(3)19(2)8-7-9-22-15-16-26(37-22)28(35)36-18-25(33)27(34)24(32)17-30/h11-16,19,23-25,27,30-34H,4-10,17-18H2,1-3H3/t19-,23+,24+,25-,27+/m1/s1. The molecule has 0 aliphatic heterocycles. The number of nitrogens with zero attached hydrogens (tertiary/aromatic N) is 1. The Balaban J connectivity index is 1.77. The minimum Gasteiger partial charge on any atom is -0.459 e. The van der Waals surface area contributed by atoms with E-state index in [1.807, 2.05) is 18.2 Å². The third kappa shape index (κ3) is 10.00. The molecular formula is C28H43NO7S. The van der Waals surface area contributed by atoms with Crippen molar-refractivity contribution in [3.05, 3.63) is 51.7 Å². The average Bonchev–Trinajstić information content (AvgIpc) is 3.39. The first-order valence-electron chi connectivity index (χ1n) is 13.1. The molecule has 0 saturated heterocycles. The number of unbranched alkanes of at least 4 members (excludes halogenated alkanes) is 2. The minimum absolute atomic E-state index is 0.312. The number of aryl methyl sites for hydroxylation is 1. The fourth-order valence-electron chi connectivity index (χ4n) is 4.02. The van der Waals surface area contributed by atoms with Crippen molar-refractivity contribution in [1.29, 1.82) is 0 Å². The van der Waals surface area contributed by atoms with Gasteiger partial charge in [0.05, 0.1) is 12.7 Å². The number of benzene rings is 1. The fourth-order valence-corrected chi connectivity index (χ4v) is 4.97. The van der Waals surface area contributed by atoms with Crippen LogP contribution in [0.4, 0.5) is 5.69 Å². The lowest BCUT2D eigenvalue weighted by molar-refractivity contribution is -0.0925. The summed E-state index contributed by atoms with van der Waals surface area (Å²) in [5, 5.41) is 48.0. The van der Waals surface area contributed by atoms with Gasteiger partial charge >= 0.3 is 5.97 Å². The molecule has 0 unspecified atom stereocenters. The van der Waals surface area contributed by atoms with Crippen LogP contribution in [-0.4, -0.2) is 76.1 Å². The second kappa shape index (κ2) is 16.1. The Kier molecular flexibility index (Phi) is 13.5. The molecule has 1 aromatic carbocycles. The van der Waals surface area contributed by atoms with Crippen molar-refractivity contribution in [2.45, 2.75) is 89.3 Å². The van der Waals surface area contributed by atoms with Crippen LogP contribution in [0, 0.1) is 0 Å². The van der Waals surface area contributed by atoms with Crippen LogP contribution in [0.15, 0.2) is 36.4 Å². The Bertz CT molecular complexity index is 920. The molecule has 37 heavy (non-hydrogen) atoms. The zero-order valence-corrected chi connectivity index (χ0v) is 22.9. The molecule has 1 aromatic heterocycles. The van der Waals surface area contributed by atoms with Gasteiger partial charge in [0.15, 0.2) is 0 Å². The van der Waals surface area contributed by atoms with Crippen molar-refractivity contribution in [3.63, 3.8) is 0 Å². The van der Waals surface area contributed by atoms with E-state index in [1.165, 1.54) is 11.3 Å². The van der Waals surface area contributed by atoms with E-state index in [0.29, 0.717) is 10.9 Å². The van der Waals surface area contributed by atoms with Gasteiger partial charge in [-0.2, -0.15) is 0 Å². The Morgan fingerprint density at radius 3 is 2.32 bits per heavy atom. The summed E-state index contributed by atoms with van der Waals surface area (Å²) >= 11 is 1.33. The van der Waals surface area contributed by atoms with Crippen LogP contribution in [0.5, 0.6) is 0 Å². The Labute approximate surface area is 224 Å². The van der Waals surface area contributed by atoms with Crippen molar-refractivity contribution in [1.82, 2.24) is 0 Å². The number of rotatable bonds is 17. The van der Waals surface area contributed by atoms with Gasteiger partial charge in [0.2, 0.25) is 0 Å². The number of aliphatic hydroxyl groups is 5. The topological polar surface area (TPSA) is 131 Å². The molecule has 0 spiro atoms. The summed E-state index contributed by atoms with van der Waals surface area (Å²) in [5.74, 6) is -0.604. The largest absolute Gasteiger partial charge is 0.459 e. The molecule has 0 radical (unpaired) electrons. The molecule has 1 heterocycles. The maximum absolute atomic E-state index is 12.2. The minimum atomic E-state index is -1.60. The number of carbonyl (C=O) groups is 1.